The molecule has 0 spiro atoms. The monoisotopic (exact) mass is 448 g/mol. The summed E-state index contributed by atoms with van der Waals surface area (Å²) in [5.41, 5.74) is 9.48. The van der Waals surface area contributed by atoms with Crippen LogP contribution in [0.5, 0.6) is 5.75 Å². The van der Waals surface area contributed by atoms with E-state index in [4.69, 9.17) is 22.8 Å². The Bertz CT molecular complexity index is 728. The first-order valence-corrected chi connectivity index (χ1v) is 12.5. The summed E-state index contributed by atoms with van der Waals surface area (Å²) >= 11 is 0. The normalized spacial score (nSPS) is 11.5. The van der Waals surface area contributed by atoms with Crippen LogP contribution >= 0.6 is 0 Å². The predicted octanol–water partition coefficient (Wildman–Crippen LogP) is 4.95. The zero-order valence-corrected chi connectivity index (χ0v) is 20.3. The van der Waals surface area contributed by atoms with E-state index >= 15 is 0 Å². The van der Waals surface area contributed by atoms with E-state index in [0.717, 1.165) is 35.7 Å². The average molecular weight is 449 g/mol. The highest BCUT2D eigenvalue weighted by molar-refractivity contribution is 6.60. The predicted molar refractivity (Wildman–Crippen MR) is 126 cm³/mol. The summed E-state index contributed by atoms with van der Waals surface area (Å²) < 4.78 is 27.7. The van der Waals surface area contributed by atoms with Crippen molar-refractivity contribution in [3.63, 3.8) is 0 Å². The van der Waals surface area contributed by atoms with Crippen LogP contribution in [-0.2, 0) is 24.6 Å². The van der Waals surface area contributed by atoms with Gasteiger partial charge in [0, 0.05) is 34.0 Å². The van der Waals surface area contributed by atoms with Gasteiger partial charge < -0.3 is 33.6 Å². The van der Waals surface area contributed by atoms with Crippen molar-refractivity contribution < 1.29 is 22.8 Å². The van der Waals surface area contributed by atoms with Crippen molar-refractivity contribution in [1.29, 1.82) is 0 Å². The van der Waals surface area contributed by atoms with E-state index in [9.17, 15) is 0 Å². The minimum atomic E-state index is -2.53. The molecule has 7 nitrogen and oxygen atoms in total. The quantitative estimate of drug-likeness (QED) is 0.227. The van der Waals surface area contributed by atoms with Gasteiger partial charge in [0.1, 0.15) is 5.75 Å². The Kier molecular flexibility index (Phi) is 10.8. The second-order valence-corrected chi connectivity index (χ2v) is 10.7. The molecule has 0 aliphatic carbocycles. The zero-order chi connectivity index (χ0) is 22.5. The van der Waals surface area contributed by atoms with E-state index in [-0.39, 0.29) is 0 Å². The van der Waals surface area contributed by atoms with E-state index in [1.165, 1.54) is 0 Å². The molecule has 8 heteroatoms. The minimum Gasteiger partial charge on any atom is -0.494 e. The number of ether oxygens (including phenoxy) is 2. The molecule has 0 aliphatic heterocycles. The SMILES string of the molecule is CO[Si](CCCOc1ccc(NNc2ccc(COCC(C)C)cc2)cc1)(OC)OC. The molecule has 0 aliphatic rings. The third-order valence-corrected chi connectivity index (χ3v) is 7.54. The second kappa shape index (κ2) is 13.3. The number of rotatable bonds is 15. The second-order valence-electron chi connectivity index (χ2n) is 7.63. The first kappa shape index (κ1) is 25.2. The molecule has 2 N–H and O–H groups in total. The number of nitrogens with one attached hydrogen (secondary N) is 2. The Balaban J connectivity index is 1.71. The highest BCUT2D eigenvalue weighted by atomic mass is 28.4. The van der Waals surface area contributed by atoms with Gasteiger partial charge in [0.25, 0.3) is 0 Å². The molecular weight excluding hydrogens is 412 g/mol. The van der Waals surface area contributed by atoms with Crippen LogP contribution in [0.2, 0.25) is 6.04 Å². The molecule has 0 unspecified atom stereocenters. The van der Waals surface area contributed by atoms with Crippen LogP contribution in [0.4, 0.5) is 11.4 Å². The van der Waals surface area contributed by atoms with Gasteiger partial charge in [-0.3, -0.25) is 0 Å². The standard InChI is InChI=1S/C23H36N2O5Si/c1-19(2)17-29-18-20-7-9-21(10-8-20)24-25-22-11-13-23(14-12-22)30-15-6-16-31(26-3,27-4)28-5/h7-14,19,24-25H,6,15-18H2,1-5H3. The molecule has 0 aromatic heterocycles. The van der Waals surface area contributed by atoms with Crippen LogP contribution in [0.3, 0.4) is 0 Å². The number of anilines is 2. The molecule has 0 heterocycles. The Hall–Kier alpha value is -2.10. The Morgan fingerprint density at radius 2 is 1.35 bits per heavy atom. The molecule has 2 aromatic carbocycles. The van der Waals surface area contributed by atoms with Crippen LogP contribution in [0, 0.1) is 5.92 Å². The third-order valence-electron chi connectivity index (χ3n) is 4.71. The molecule has 0 atom stereocenters. The third kappa shape index (κ3) is 8.88. The smallest absolute Gasteiger partial charge is 0.494 e. The van der Waals surface area contributed by atoms with E-state index < -0.39 is 8.80 Å². The highest BCUT2D eigenvalue weighted by Gasteiger charge is 2.36. The first-order valence-electron chi connectivity index (χ1n) is 10.6. The molecule has 0 radical (unpaired) electrons. The van der Waals surface area contributed by atoms with Crippen LogP contribution in [0.1, 0.15) is 25.8 Å². The fourth-order valence-corrected chi connectivity index (χ4v) is 4.60. The van der Waals surface area contributed by atoms with Crippen molar-refractivity contribution in [2.24, 2.45) is 5.92 Å². The lowest BCUT2D eigenvalue weighted by atomic mass is 10.2. The number of benzene rings is 2. The molecule has 0 saturated carbocycles. The fourth-order valence-electron chi connectivity index (χ4n) is 2.91. The molecule has 2 rings (SSSR count). The molecule has 0 fully saturated rings. The summed E-state index contributed by atoms with van der Waals surface area (Å²) in [4.78, 5) is 0. The maximum atomic E-state index is 5.81. The zero-order valence-electron chi connectivity index (χ0n) is 19.3. The molecule has 0 amide bonds. The van der Waals surface area contributed by atoms with Gasteiger partial charge in [-0.2, -0.15) is 0 Å². The van der Waals surface area contributed by atoms with Gasteiger partial charge in [-0.1, -0.05) is 26.0 Å². The maximum Gasteiger partial charge on any atom is 0.500 e. The van der Waals surface area contributed by atoms with E-state index in [2.05, 4.69) is 36.8 Å². The number of hydrogen-bond donors (Lipinski definition) is 2. The molecule has 31 heavy (non-hydrogen) atoms. The summed E-state index contributed by atoms with van der Waals surface area (Å²) in [6, 6.07) is 16.7. The summed E-state index contributed by atoms with van der Waals surface area (Å²) in [6.07, 6.45) is 0.793. The van der Waals surface area contributed by atoms with Crippen LogP contribution in [0.25, 0.3) is 0 Å². The molecule has 2 aromatic rings. The van der Waals surface area contributed by atoms with Crippen molar-refractivity contribution >= 4 is 20.2 Å². The van der Waals surface area contributed by atoms with Crippen molar-refractivity contribution in [3.8, 4) is 5.75 Å². The molecule has 172 valence electrons. The van der Waals surface area contributed by atoms with E-state index in [0.29, 0.717) is 25.2 Å². The lowest BCUT2D eigenvalue weighted by Crippen LogP contribution is -2.42. The maximum absolute atomic E-state index is 5.81. The van der Waals surface area contributed by atoms with Gasteiger partial charge in [0.2, 0.25) is 0 Å². The summed E-state index contributed by atoms with van der Waals surface area (Å²) in [5, 5.41) is 0. The Labute approximate surface area is 187 Å². The highest BCUT2D eigenvalue weighted by Crippen LogP contribution is 2.19. The summed E-state index contributed by atoms with van der Waals surface area (Å²) in [5.74, 6) is 1.36. The van der Waals surface area contributed by atoms with Gasteiger partial charge in [-0.15, -0.1) is 0 Å². The van der Waals surface area contributed by atoms with Gasteiger partial charge in [-0.25, -0.2) is 0 Å². The topological polar surface area (TPSA) is 70.2 Å². The number of hydrogen-bond acceptors (Lipinski definition) is 7. The average Bonchev–Trinajstić information content (AvgIpc) is 2.80. The lowest BCUT2D eigenvalue weighted by molar-refractivity contribution is 0.0971. The van der Waals surface area contributed by atoms with Crippen LogP contribution in [0.15, 0.2) is 48.5 Å². The van der Waals surface area contributed by atoms with Gasteiger partial charge >= 0.3 is 8.80 Å². The fraction of sp³-hybridized carbons (Fsp3) is 0.478. The molecule has 0 saturated heterocycles. The van der Waals surface area contributed by atoms with Gasteiger partial charge in [0.05, 0.1) is 24.6 Å². The lowest BCUT2D eigenvalue weighted by Gasteiger charge is -2.24. The van der Waals surface area contributed by atoms with Crippen LogP contribution in [-0.4, -0.2) is 43.3 Å². The molecular formula is C23H36N2O5Si. The first-order chi connectivity index (χ1) is 15.0. The minimum absolute atomic E-state index is 0.546. The number of hydrazine groups is 1. The summed E-state index contributed by atoms with van der Waals surface area (Å²) in [7, 11) is 2.34. The Morgan fingerprint density at radius 3 is 1.87 bits per heavy atom. The van der Waals surface area contributed by atoms with Gasteiger partial charge in [0.15, 0.2) is 0 Å². The van der Waals surface area contributed by atoms with E-state index in [1.54, 1.807) is 21.3 Å². The van der Waals surface area contributed by atoms with Crippen LogP contribution < -0.4 is 15.6 Å². The van der Waals surface area contributed by atoms with E-state index in [1.807, 2.05) is 36.4 Å². The summed E-state index contributed by atoms with van der Waals surface area (Å²) in [6.45, 7) is 6.28. The largest absolute Gasteiger partial charge is 0.500 e. The van der Waals surface area contributed by atoms with Crippen molar-refractivity contribution in [3.05, 3.63) is 54.1 Å². The molecule has 0 bridgehead atoms. The Morgan fingerprint density at radius 1 is 0.806 bits per heavy atom. The van der Waals surface area contributed by atoms with Gasteiger partial charge in [-0.05, 0) is 54.3 Å². The van der Waals surface area contributed by atoms with Crippen molar-refractivity contribution in [1.82, 2.24) is 0 Å². The van der Waals surface area contributed by atoms with Crippen molar-refractivity contribution in [2.45, 2.75) is 32.9 Å². The van der Waals surface area contributed by atoms with Crippen molar-refractivity contribution in [2.75, 3.05) is 45.4 Å².